The van der Waals surface area contributed by atoms with Gasteiger partial charge in [-0.1, -0.05) is 6.07 Å². The first kappa shape index (κ1) is 19.1. The van der Waals surface area contributed by atoms with Crippen LogP contribution in [0.25, 0.3) is 0 Å². The predicted molar refractivity (Wildman–Crippen MR) is 99.2 cm³/mol. The van der Waals surface area contributed by atoms with Crippen LogP contribution >= 0.6 is 0 Å². The van der Waals surface area contributed by atoms with E-state index < -0.39 is 0 Å². The Morgan fingerprint density at radius 3 is 2.22 bits per heavy atom. The molecule has 1 aliphatic carbocycles. The summed E-state index contributed by atoms with van der Waals surface area (Å²) in [6, 6.07) is 5.64. The third-order valence-electron chi connectivity index (χ3n) is 5.13. The van der Waals surface area contributed by atoms with Crippen molar-refractivity contribution in [1.82, 2.24) is 15.1 Å². The molecule has 1 saturated heterocycles. The summed E-state index contributed by atoms with van der Waals surface area (Å²) < 4.78 is 15.7. The molecule has 0 bridgehead atoms. The van der Waals surface area contributed by atoms with Crippen LogP contribution in [-0.4, -0.2) is 68.9 Å². The van der Waals surface area contributed by atoms with Crippen LogP contribution < -0.4 is 14.8 Å². The first-order chi connectivity index (χ1) is 13.0. The smallest absolute Gasteiger partial charge is 0.409 e. The SMILES string of the molecule is CCOC(=O)N1CCN(C(=O)NC2(c3ccc(OC)c(OC)c3)CC2)CC1. The van der Waals surface area contributed by atoms with Crippen molar-refractivity contribution in [3.63, 3.8) is 0 Å². The van der Waals surface area contributed by atoms with Gasteiger partial charge in [0.05, 0.1) is 26.4 Å². The number of amides is 3. The number of hydrogen-bond donors (Lipinski definition) is 1. The molecular weight excluding hydrogens is 350 g/mol. The molecule has 2 fully saturated rings. The van der Waals surface area contributed by atoms with Crippen LogP contribution in [0.1, 0.15) is 25.3 Å². The average Bonchev–Trinajstić information content (AvgIpc) is 3.48. The maximum absolute atomic E-state index is 12.7. The number of benzene rings is 1. The van der Waals surface area contributed by atoms with E-state index in [1.165, 1.54) is 0 Å². The number of methoxy groups -OCH3 is 2. The van der Waals surface area contributed by atoms with E-state index in [1.807, 2.05) is 18.2 Å². The van der Waals surface area contributed by atoms with Crippen molar-refractivity contribution in [2.24, 2.45) is 0 Å². The van der Waals surface area contributed by atoms with Crippen LogP contribution in [0, 0.1) is 0 Å². The summed E-state index contributed by atoms with van der Waals surface area (Å²) >= 11 is 0. The Kier molecular flexibility index (Phi) is 5.62. The van der Waals surface area contributed by atoms with Crippen molar-refractivity contribution in [2.75, 3.05) is 47.0 Å². The molecule has 8 heteroatoms. The minimum Gasteiger partial charge on any atom is -0.493 e. The standard InChI is InChI=1S/C19H27N3O5/c1-4-27-18(24)22-11-9-21(10-12-22)17(23)20-19(7-8-19)14-5-6-15(25-2)16(13-14)26-3/h5-6,13H,4,7-12H2,1-3H3,(H,20,23). The van der Waals surface area contributed by atoms with Gasteiger partial charge in [-0.25, -0.2) is 9.59 Å². The fourth-order valence-corrected chi connectivity index (χ4v) is 3.34. The highest BCUT2D eigenvalue weighted by molar-refractivity contribution is 5.76. The molecule has 0 unspecified atom stereocenters. The zero-order valence-corrected chi connectivity index (χ0v) is 16.1. The van der Waals surface area contributed by atoms with Crippen molar-refractivity contribution in [3.05, 3.63) is 23.8 Å². The number of ether oxygens (including phenoxy) is 3. The molecule has 1 N–H and O–H groups in total. The summed E-state index contributed by atoms with van der Waals surface area (Å²) in [4.78, 5) is 27.9. The zero-order chi connectivity index (χ0) is 19.4. The lowest BCUT2D eigenvalue weighted by Crippen LogP contribution is -2.54. The third kappa shape index (κ3) is 4.04. The molecule has 1 aliphatic heterocycles. The molecule has 3 amide bonds. The van der Waals surface area contributed by atoms with E-state index in [4.69, 9.17) is 14.2 Å². The molecule has 27 heavy (non-hydrogen) atoms. The summed E-state index contributed by atoms with van der Waals surface area (Å²) in [6.45, 7) is 4.09. The lowest BCUT2D eigenvalue weighted by Gasteiger charge is -2.35. The Morgan fingerprint density at radius 2 is 1.67 bits per heavy atom. The van der Waals surface area contributed by atoms with Gasteiger partial charge in [-0.3, -0.25) is 0 Å². The average molecular weight is 377 g/mol. The summed E-state index contributed by atoms with van der Waals surface area (Å²) in [5.41, 5.74) is 0.660. The van der Waals surface area contributed by atoms with Crippen LogP contribution in [0.4, 0.5) is 9.59 Å². The number of nitrogens with one attached hydrogen (secondary N) is 1. The second-order valence-corrected chi connectivity index (χ2v) is 6.76. The lowest BCUT2D eigenvalue weighted by molar-refractivity contribution is 0.0846. The number of rotatable bonds is 5. The molecule has 0 aromatic heterocycles. The Bertz CT molecular complexity index is 697. The highest BCUT2D eigenvalue weighted by Crippen LogP contribution is 2.47. The van der Waals surface area contributed by atoms with Gasteiger partial charge in [-0.2, -0.15) is 0 Å². The van der Waals surface area contributed by atoms with E-state index >= 15 is 0 Å². The number of hydrogen-bond acceptors (Lipinski definition) is 5. The monoisotopic (exact) mass is 377 g/mol. The minimum absolute atomic E-state index is 0.106. The Labute approximate surface area is 159 Å². The first-order valence-electron chi connectivity index (χ1n) is 9.24. The molecule has 1 saturated carbocycles. The van der Waals surface area contributed by atoms with Gasteiger partial charge in [0.1, 0.15) is 0 Å². The van der Waals surface area contributed by atoms with Gasteiger partial charge in [0.15, 0.2) is 11.5 Å². The first-order valence-corrected chi connectivity index (χ1v) is 9.24. The zero-order valence-electron chi connectivity index (χ0n) is 16.1. The maximum Gasteiger partial charge on any atom is 0.409 e. The fourth-order valence-electron chi connectivity index (χ4n) is 3.34. The van der Waals surface area contributed by atoms with E-state index in [0.29, 0.717) is 44.3 Å². The third-order valence-corrected chi connectivity index (χ3v) is 5.13. The van der Waals surface area contributed by atoms with Crippen LogP contribution in [-0.2, 0) is 10.3 Å². The van der Waals surface area contributed by atoms with Crippen LogP contribution in [0.2, 0.25) is 0 Å². The van der Waals surface area contributed by atoms with E-state index in [0.717, 1.165) is 18.4 Å². The molecule has 3 rings (SSSR count). The van der Waals surface area contributed by atoms with E-state index in [9.17, 15) is 9.59 Å². The predicted octanol–water partition coefficient (Wildman–Crippen LogP) is 2.18. The van der Waals surface area contributed by atoms with Crippen LogP contribution in [0.5, 0.6) is 11.5 Å². The van der Waals surface area contributed by atoms with Gasteiger partial charge >= 0.3 is 12.1 Å². The molecule has 148 valence electrons. The van der Waals surface area contributed by atoms with E-state index in [-0.39, 0.29) is 17.7 Å². The maximum atomic E-state index is 12.7. The lowest BCUT2D eigenvalue weighted by atomic mass is 10.0. The number of carbonyl (C=O) groups is 2. The minimum atomic E-state index is -0.352. The van der Waals surface area contributed by atoms with Gasteiger partial charge in [-0.15, -0.1) is 0 Å². The van der Waals surface area contributed by atoms with Gasteiger partial charge in [0.25, 0.3) is 0 Å². The summed E-state index contributed by atoms with van der Waals surface area (Å²) in [6.07, 6.45) is 1.45. The second-order valence-electron chi connectivity index (χ2n) is 6.76. The van der Waals surface area contributed by atoms with Crippen molar-refractivity contribution >= 4 is 12.1 Å². The Hall–Kier alpha value is -2.64. The molecule has 0 atom stereocenters. The molecule has 1 heterocycles. The second kappa shape index (κ2) is 7.94. The molecule has 0 spiro atoms. The normalized spacial score (nSPS) is 17.9. The Balaban J connectivity index is 1.61. The molecule has 8 nitrogen and oxygen atoms in total. The Morgan fingerprint density at radius 1 is 1.04 bits per heavy atom. The summed E-state index contributed by atoms with van der Waals surface area (Å²) in [7, 11) is 3.20. The van der Waals surface area contributed by atoms with Crippen molar-refractivity contribution in [2.45, 2.75) is 25.3 Å². The summed E-state index contributed by atoms with van der Waals surface area (Å²) in [5, 5.41) is 3.17. The highest BCUT2D eigenvalue weighted by atomic mass is 16.6. The molecule has 0 radical (unpaired) electrons. The van der Waals surface area contributed by atoms with Crippen molar-refractivity contribution < 1.29 is 23.8 Å². The van der Waals surface area contributed by atoms with Gasteiger partial charge in [-0.05, 0) is 37.5 Å². The highest BCUT2D eigenvalue weighted by Gasteiger charge is 2.47. The van der Waals surface area contributed by atoms with Gasteiger partial charge < -0.3 is 29.3 Å². The number of urea groups is 1. The van der Waals surface area contributed by atoms with Crippen LogP contribution in [0.15, 0.2) is 18.2 Å². The van der Waals surface area contributed by atoms with Gasteiger partial charge in [0.2, 0.25) is 0 Å². The van der Waals surface area contributed by atoms with Crippen LogP contribution in [0.3, 0.4) is 0 Å². The molecule has 1 aromatic rings. The topological polar surface area (TPSA) is 80.3 Å². The molecule has 2 aliphatic rings. The fraction of sp³-hybridized carbons (Fsp3) is 0.579. The number of nitrogens with zero attached hydrogens (tertiary/aromatic N) is 2. The largest absolute Gasteiger partial charge is 0.493 e. The van der Waals surface area contributed by atoms with Crippen molar-refractivity contribution in [3.8, 4) is 11.5 Å². The summed E-state index contributed by atoms with van der Waals surface area (Å²) in [5.74, 6) is 1.32. The molecule has 1 aromatic carbocycles. The van der Waals surface area contributed by atoms with Gasteiger partial charge in [0, 0.05) is 26.2 Å². The van der Waals surface area contributed by atoms with E-state index in [2.05, 4.69) is 5.32 Å². The quantitative estimate of drug-likeness (QED) is 0.851. The van der Waals surface area contributed by atoms with E-state index in [1.54, 1.807) is 30.9 Å². The van der Waals surface area contributed by atoms with Crippen molar-refractivity contribution in [1.29, 1.82) is 0 Å². The number of carbonyl (C=O) groups excluding carboxylic acids is 2. The molecular formula is C19H27N3O5. The number of piperazine rings is 1.